The molecule has 27 heavy (non-hydrogen) atoms. The van der Waals surface area contributed by atoms with Crippen molar-refractivity contribution in [3.8, 4) is 0 Å². The van der Waals surface area contributed by atoms with Crippen LogP contribution in [-0.4, -0.2) is 26.3 Å². The fraction of sp³-hybridized carbons (Fsp3) is 0.550. The van der Waals surface area contributed by atoms with Crippen molar-refractivity contribution in [3.05, 3.63) is 28.4 Å². The highest BCUT2D eigenvalue weighted by molar-refractivity contribution is 6.04. The minimum absolute atomic E-state index is 0.0622. The Kier molecular flexibility index (Phi) is 4.53. The highest BCUT2D eigenvalue weighted by atomic mass is 16.3. The summed E-state index contributed by atoms with van der Waals surface area (Å²) >= 11 is 0. The summed E-state index contributed by atoms with van der Waals surface area (Å²) < 4.78 is 8.95. The summed E-state index contributed by atoms with van der Waals surface area (Å²) in [5.74, 6) is 1.12. The lowest BCUT2D eigenvalue weighted by atomic mass is 9.86. The van der Waals surface area contributed by atoms with Gasteiger partial charge < -0.3 is 14.3 Å². The lowest BCUT2D eigenvalue weighted by molar-refractivity contribution is -0.123. The lowest BCUT2D eigenvalue weighted by Crippen LogP contribution is -2.43. The second-order valence-electron chi connectivity index (χ2n) is 7.62. The first kappa shape index (κ1) is 17.8. The maximum absolute atomic E-state index is 13.0. The normalized spacial score (nSPS) is 20.4. The molecule has 0 spiro atoms. The van der Waals surface area contributed by atoms with Crippen LogP contribution in [0, 0.1) is 12.8 Å². The number of nitrogens with one attached hydrogen (secondary N) is 1. The summed E-state index contributed by atoms with van der Waals surface area (Å²) in [5, 5.41) is 8.02. The predicted molar refractivity (Wildman–Crippen MR) is 104 cm³/mol. The predicted octanol–water partition coefficient (Wildman–Crippen LogP) is 2.97. The van der Waals surface area contributed by atoms with Gasteiger partial charge >= 0.3 is 0 Å². The fourth-order valence-corrected chi connectivity index (χ4v) is 4.28. The highest BCUT2D eigenvalue weighted by Crippen LogP contribution is 2.29. The van der Waals surface area contributed by atoms with Crippen molar-refractivity contribution in [3.63, 3.8) is 0 Å². The van der Waals surface area contributed by atoms with Crippen molar-refractivity contribution >= 4 is 27.9 Å². The number of rotatable bonds is 4. The van der Waals surface area contributed by atoms with E-state index in [2.05, 4.69) is 17.3 Å². The minimum Gasteiger partial charge on any atom is -0.459 e. The third-order valence-corrected chi connectivity index (χ3v) is 5.73. The van der Waals surface area contributed by atoms with Crippen LogP contribution < -0.4 is 10.9 Å². The average molecular weight is 370 g/mol. The molecular weight excluding hydrogens is 344 g/mol. The van der Waals surface area contributed by atoms with Gasteiger partial charge in [-0.1, -0.05) is 19.8 Å². The highest BCUT2D eigenvalue weighted by Gasteiger charge is 2.24. The SMILES string of the molecule is CCn1c2cc(C)oc2c2cnn(CC(=O)N[C@@H]3CCCC[C@H]3C)c(=O)c21. The second-order valence-corrected chi connectivity index (χ2v) is 7.62. The van der Waals surface area contributed by atoms with Crippen molar-refractivity contribution in [1.82, 2.24) is 19.7 Å². The molecule has 0 unspecified atom stereocenters. The zero-order valence-electron chi connectivity index (χ0n) is 16.1. The number of aromatic nitrogens is 3. The maximum atomic E-state index is 13.0. The molecule has 1 saturated carbocycles. The molecule has 2 atom stereocenters. The van der Waals surface area contributed by atoms with Crippen molar-refractivity contribution < 1.29 is 9.21 Å². The van der Waals surface area contributed by atoms with E-state index in [0.717, 1.165) is 30.5 Å². The Bertz CT molecular complexity index is 1060. The van der Waals surface area contributed by atoms with Crippen LogP contribution in [0.2, 0.25) is 0 Å². The summed E-state index contributed by atoms with van der Waals surface area (Å²) in [5.41, 5.74) is 1.86. The van der Waals surface area contributed by atoms with Crippen molar-refractivity contribution in [2.24, 2.45) is 5.92 Å². The molecule has 3 heterocycles. The Hall–Kier alpha value is -2.57. The van der Waals surface area contributed by atoms with Crippen LogP contribution in [-0.2, 0) is 17.9 Å². The van der Waals surface area contributed by atoms with Crippen molar-refractivity contribution in [2.45, 2.75) is 65.6 Å². The van der Waals surface area contributed by atoms with Gasteiger partial charge in [0, 0.05) is 18.7 Å². The molecule has 0 aliphatic heterocycles. The van der Waals surface area contributed by atoms with Crippen LogP contribution in [0.25, 0.3) is 22.0 Å². The number of amides is 1. The molecule has 0 saturated heterocycles. The molecule has 3 aromatic heterocycles. The summed E-state index contributed by atoms with van der Waals surface area (Å²) in [6.45, 7) is 6.63. The standard InChI is InChI=1S/C20H26N4O3/c1-4-23-16-9-13(3)27-19(16)14-10-21-24(20(26)18(14)23)11-17(25)22-15-8-6-5-7-12(15)2/h9-10,12,15H,4-8,11H2,1-3H3,(H,22,25)/t12-,15-/m1/s1. The molecule has 144 valence electrons. The smallest absolute Gasteiger partial charge is 0.291 e. The number of furan rings is 1. The van der Waals surface area contributed by atoms with Crippen LogP contribution in [0.5, 0.6) is 0 Å². The van der Waals surface area contributed by atoms with Crippen LogP contribution in [0.1, 0.15) is 45.3 Å². The van der Waals surface area contributed by atoms with E-state index in [4.69, 9.17) is 4.42 Å². The molecule has 7 heteroatoms. The topological polar surface area (TPSA) is 82.1 Å². The monoisotopic (exact) mass is 370 g/mol. The number of carbonyl (C=O) groups is 1. The van der Waals surface area contributed by atoms with Gasteiger partial charge in [-0.15, -0.1) is 0 Å². The molecule has 7 nitrogen and oxygen atoms in total. The number of aryl methyl sites for hydroxylation is 2. The van der Waals surface area contributed by atoms with Crippen molar-refractivity contribution in [1.29, 1.82) is 0 Å². The van der Waals surface area contributed by atoms with Gasteiger partial charge in [-0.25, -0.2) is 4.68 Å². The van der Waals surface area contributed by atoms with E-state index in [1.807, 2.05) is 24.5 Å². The van der Waals surface area contributed by atoms with E-state index >= 15 is 0 Å². The summed E-state index contributed by atoms with van der Waals surface area (Å²) in [7, 11) is 0. The fourth-order valence-electron chi connectivity index (χ4n) is 4.28. The number of hydrogen-bond donors (Lipinski definition) is 1. The van der Waals surface area contributed by atoms with Gasteiger partial charge in [-0.3, -0.25) is 9.59 Å². The van der Waals surface area contributed by atoms with Gasteiger partial charge in [0.15, 0.2) is 5.58 Å². The third kappa shape index (κ3) is 3.05. The van der Waals surface area contributed by atoms with Crippen molar-refractivity contribution in [2.75, 3.05) is 0 Å². The summed E-state index contributed by atoms with van der Waals surface area (Å²) in [6.07, 6.45) is 6.13. The van der Waals surface area contributed by atoms with Crippen LogP contribution in [0.15, 0.2) is 21.5 Å². The van der Waals surface area contributed by atoms with Gasteiger partial charge in [0.2, 0.25) is 5.91 Å². The minimum atomic E-state index is -0.259. The first-order valence-corrected chi connectivity index (χ1v) is 9.77. The van der Waals surface area contributed by atoms with E-state index < -0.39 is 0 Å². The number of fused-ring (bicyclic) bond motifs is 3. The quantitative estimate of drug-likeness (QED) is 0.765. The van der Waals surface area contributed by atoms with Crippen LogP contribution >= 0.6 is 0 Å². The van der Waals surface area contributed by atoms with E-state index in [-0.39, 0.29) is 24.1 Å². The zero-order chi connectivity index (χ0) is 19.1. The number of nitrogens with zero attached hydrogens (tertiary/aromatic N) is 3. The first-order valence-electron chi connectivity index (χ1n) is 9.77. The zero-order valence-corrected chi connectivity index (χ0v) is 16.1. The van der Waals surface area contributed by atoms with Gasteiger partial charge in [0.25, 0.3) is 5.56 Å². The molecule has 1 aliphatic carbocycles. The molecule has 0 aromatic carbocycles. The molecule has 1 fully saturated rings. The molecular formula is C20H26N4O3. The Morgan fingerprint density at radius 3 is 2.89 bits per heavy atom. The third-order valence-electron chi connectivity index (χ3n) is 5.73. The number of carbonyl (C=O) groups excluding carboxylic acids is 1. The van der Waals surface area contributed by atoms with E-state index in [0.29, 0.717) is 28.9 Å². The first-order chi connectivity index (χ1) is 13.0. The van der Waals surface area contributed by atoms with Gasteiger partial charge in [-0.2, -0.15) is 5.10 Å². The van der Waals surface area contributed by atoms with Gasteiger partial charge in [-0.05, 0) is 32.6 Å². The molecule has 1 N–H and O–H groups in total. The number of hydrogen-bond acceptors (Lipinski definition) is 4. The molecule has 3 aromatic rings. The van der Waals surface area contributed by atoms with Crippen LogP contribution in [0.4, 0.5) is 0 Å². The van der Waals surface area contributed by atoms with E-state index in [1.54, 1.807) is 6.20 Å². The van der Waals surface area contributed by atoms with E-state index in [9.17, 15) is 9.59 Å². The van der Waals surface area contributed by atoms with E-state index in [1.165, 1.54) is 11.1 Å². The van der Waals surface area contributed by atoms with Crippen LogP contribution in [0.3, 0.4) is 0 Å². The Morgan fingerprint density at radius 2 is 2.15 bits per heavy atom. The molecule has 1 aliphatic rings. The summed E-state index contributed by atoms with van der Waals surface area (Å²) in [6, 6.07) is 2.12. The molecule has 0 bridgehead atoms. The summed E-state index contributed by atoms with van der Waals surface area (Å²) in [4.78, 5) is 25.5. The Balaban J connectivity index is 1.65. The Labute approximate surface area is 157 Å². The van der Waals surface area contributed by atoms with Gasteiger partial charge in [0.05, 0.1) is 17.1 Å². The second kappa shape index (κ2) is 6.87. The largest absolute Gasteiger partial charge is 0.459 e. The molecule has 1 amide bonds. The van der Waals surface area contributed by atoms with Gasteiger partial charge in [0.1, 0.15) is 17.8 Å². The average Bonchev–Trinajstić information content (AvgIpc) is 3.14. The Morgan fingerprint density at radius 1 is 1.37 bits per heavy atom. The molecule has 4 rings (SSSR count). The molecule has 0 radical (unpaired) electrons. The lowest BCUT2D eigenvalue weighted by Gasteiger charge is -2.29. The maximum Gasteiger partial charge on any atom is 0.291 e.